The van der Waals surface area contributed by atoms with Gasteiger partial charge in [0.05, 0.1) is 12.0 Å². The van der Waals surface area contributed by atoms with Gasteiger partial charge in [-0.25, -0.2) is 4.79 Å². The molecule has 3 aromatic rings. The van der Waals surface area contributed by atoms with Crippen LogP contribution in [0.25, 0.3) is 0 Å². The molecule has 1 atom stereocenters. The Balaban J connectivity index is 1.55. The fourth-order valence-electron chi connectivity index (χ4n) is 2.80. The predicted molar refractivity (Wildman–Crippen MR) is 111 cm³/mol. The van der Waals surface area contributed by atoms with E-state index in [1.54, 1.807) is 55.5 Å². The first-order valence-corrected chi connectivity index (χ1v) is 9.27. The first-order chi connectivity index (χ1) is 14.0. The number of Topliss-reactive ketones (excluding diaryl/α,β-unsaturated/α-hetero) is 1. The average molecular weight is 387 g/mol. The van der Waals surface area contributed by atoms with Gasteiger partial charge in [-0.15, -0.1) is 0 Å². The standard InChI is InChI=1S/C24H21NO4/c1-17(23(27)19-10-6-3-7-11-19)29-24(28)20-12-14-21(15-13-20)25-22(26)16-18-8-4-2-5-9-18/h2-15,17H,16H2,1H3,(H,25,26). The molecule has 0 radical (unpaired) electrons. The summed E-state index contributed by atoms with van der Waals surface area (Å²) in [5.41, 5.74) is 2.29. The van der Waals surface area contributed by atoms with Gasteiger partial charge in [-0.05, 0) is 36.8 Å². The smallest absolute Gasteiger partial charge is 0.338 e. The van der Waals surface area contributed by atoms with Gasteiger partial charge >= 0.3 is 5.97 Å². The summed E-state index contributed by atoms with van der Waals surface area (Å²) in [6.07, 6.45) is -0.626. The molecule has 0 fully saturated rings. The zero-order valence-electron chi connectivity index (χ0n) is 16.0. The van der Waals surface area contributed by atoms with Crippen molar-refractivity contribution >= 4 is 23.3 Å². The van der Waals surface area contributed by atoms with E-state index in [-0.39, 0.29) is 18.1 Å². The van der Waals surface area contributed by atoms with Gasteiger partial charge in [-0.2, -0.15) is 0 Å². The highest BCUT2D eigenvalue weighted by atomic mass is 16.5. The minimum Gasteiger partial charge on any atom is -0.451 e. The van der Waals surface area contributed by atoms with E-state index in [9.17, 15) is 14.4 Å². The largest absolute Gasteiger partial charge is 0.451 e. The topological polar surface area (TPSA) is 72.5 Å². The van der Waals surface area contributed by atoms with Crippen LogP contribution >= 0.6 is 0 Å². The number of benzene rings is 3. The molecular weight excluding hydrogens is 366 g/mol. The third-order valence-electron chi connectivity index (χ3n) is 4.32. The molecule has 29 heavy (non-hydrogen) atoms. The molecule has 146 valence electrons. The molecule has 1 N–H and O–H groups in total. The van der Waals surface area contributed by atoms with Crippen molar-refractivity contribution in [2.45, 2.75) is 19.4 Å². The molecule has 0 aliphatic rings. The lowest BCUT2D eigenvalue weighted by atomic mass is 10.1. The number of ether oxygens (including phenoxy) is 1. The van der Waals surface area contributed by atoms with E-state index in [0.717, 1.165) is 5.56 Å². The van der Waals surface area contributed by atoms with Gasteiger partial charge in [0.25, 0.3) is 0 Å². The molecule has 5 heteroatoms. The van der Waals surface area contributed by atoms with Crippen LogP contribution in [0.4, 0.5) is 5.69 Å². The van der Waals surface area contributed by atoms with Gasteiger partial charge in [0.1, 0.15) is 0 Å². The van der Waals surface area contributed by atoms with Crippen molar-refractivity contribution in [3.8, 4) is 0 Å². The summed E-state index contributed by atoms with van der Waals surface area (Å²) in [6, 6.07) is 24.5. The van der Waals surface area contributed by atoms with Crippen LogP contribution in [0.2, 0.25) is 0 Å². The van der Waals surface area contributed by atoms with Crippen LogP contribution in [-0.4, -0.2) is 23.8 Å². The highest BCUT2D eigenvalue weighted by Crippen LogP contribution is 2.14. The van der Waals surface area contributed by atoms with Crippen molar-refractivity contribution in [2.75, 3.05) is 5.32 Å². The quantitative estimate of drug-likeness (QED) is 0.485. The molecule has 1 amide bonds. The van der Waals surface area contributed by atoms with E-state index in [1.165, 1.54) is 0 Å². The van der Waals surface area contributed by atoms with Gasteiger partial charge < -0.3 is 10.1 Å². The molecular formula is C24H21NO4. The van der Waals surface area contributed by atoms with E-state index in [0.29, 0.717) is 16.8 Å². The fourth-order valence-corrected chi connectivity index (χ4v) is 2.80. The first kappa shape index (κ1) is 20.0. The molecule has 0 heterocycles. The van der Waals surface area contributed by atoms with Crippen LogP contribution in [0.3, 0.4) is 0 Å². The zero-order valence-corrected chi connectivity index (χ0v) is 16.0. The van der Waals surface area contributed by atoms with E-state index in [1.807, 2.05) is 36.4 Å². The van der Waals surface area contributed by atoms with Gasteiger partial charge in [-0.1, -0.05) is 60.7 Å². The fraction of sp³-hybridized carbons (Fsp3) is 0.125. The number of amides is 1. The Morgan fingerprint density at radius 2 is 1.38 bits per heavy atom. The van der Waals surface area contributed by atoms with Crippen LogP contribution < -0.4 is 5.32 Å². The van der Waals surface area contributed by atoms with Gasteiger partial charge in [0.2, 0.25) is 11.7 Å². The van der Waals surface area contributed by atoms with Crippen molar-refractivity contribution < 1.29 is 19.1 Å². The molecule has 3 rings (SSSR count). The monoisotopic (exact) mass is 387 g/mol. The summed E-state index contributed by atoms with van der Waals surface area (Å²) in [6.45, 7) is 1.55. The molecule has 3 aromatic carbocycles. The summed E-state index contributed by atoms with van der Waals surface area (Å²) in [4.78, 5) is 36.7. The minimum atomic E-state index is -0.893. The van der Waals surface area contributed by atoms with Crippen molar-refractivity contribution in [3.63, 3.8) is 0 Å². The molecule has 0 spiro atoms. The second kappa shape index (κ2) is 9.46. The Morgan fingerprint density at radius 1 is 0.793 bits per heavy atom. The highest BCUT2D eigenvalue weighted by Gasteiger charge is 2.20. The van der Waals surface area contributed by atoms with Crippen LogP contribution in [0.15, 0.2) is 84.9 Å². The second-order valence-electron chi connectivity index (χ2n) is 6.57. The maximum absolute atomic E-state index is 12.3. The number of rotatable bonds is 7. The van der Waals surface area contributed by atoms with E-state index in [2.05, 4.69) is 5.32 Å². The van der Waals surface area contributed by atoms with Crippen LogP contribution in [-0.2, 0) is 16.0 Å². The molecule has 0 aliphatic carbocycles. The van der Waals surface area contributed by atoms with Gasteiger partial charge in [0.15, 0.2) is 6.10 Å². The maximum Gasteiger partial charge on any atom is 0.338 e. The number of hydrogen-bond donors (Lipinski definition) is 1. The summed E-state index contributed by atoms with van der Waals surface area (Å²) in [5, 5.41) is 2.79. The Morgan fingerprint density at radius 3 is 2.00 bits per heavy atom. The lowest BCUT2D eigenvalue weighted by Gasteiger charge is -2.12. The number of anilines is 1. The Bertz CT molecular complexity index is 982. The summed E-state index contributed by atoms with van der Waals surface area (Å²) in [5.74, 6) is -0.999. The summed E-state index contributed by atoms with van der Waals surface area (Å²) in [7, 11) is 0. The third-order valence-corrected chi connectivity index (χ3v) is 4.32. The normalized spacial score (nSPS) is 11.3. The van der Waals surface area contributed by atoms with E-state index >= 15 is 0 Å². The first-order valence-electron chi connectivity index (χ1n) is 9.27. The Kier molecular flexibility index (Phi) is 6.53. The van der Waals surface area contributed by atoms with Crippen molar-refractivity contribution in [2.24, 2.45) is 0 Å². The molecule has 0 bridgehead atoms. The number of carbonyl (C=O) groups excluding carboxylic acids is 3. The van der Waals surface area contributed by atoms with Crippen LogP contribution in [0, 0.1) is 0 Å². The van der Waals surface area contributed by atoms with Gasteiger partial charge in [-0.3, -0.25) is 9.59 Å². The van der Waals surface area contributed by atoms with Crippen LogP contribution in [0.5, 0.6) is 0 Å². The number of nitrogens with one attached hydrogen (secondary N) is 1. The molecule has 5 nitrogen and oxygen atoms in total. The average Bonchev–Trinajstić information content (AvgIpc) is 2.75. The number of esters is 1. The van der Waals surface area contributed by atoms with E-state index < -0.39 is 12.1 Å². The van der Waals surface area contributed by atoms with Crippen molar-refractivity contribution in [3.05, 3.63) is 102 Å². The molecule has 0 aromatic heterocycles. The number of carbonyl (C=O) groups is 3. The zero-order chi connectivity index (χ0) is 20.6. The second-order valence-corrected chi connectivity index (χ2v) is 6.57. The predicted octanol–water partition coefficient (Wildman–Crippen LogP) is 4.30. The third kappa shape index (κ3) is 5.62. The number of ketones is 1. The van der Waals surface area contributed by atoms with Gasteiger partial charge in [0, 0.05) is 11.3 Å². The lowest BCUT2D eigenvalue weighted by molar-refractivity contribution is -0.115. The number of hydrogen-bond acceptors (Lipinski definition) is 4. The Hall–Kier alpha value is -3.73. The maximum atomic E-state index is 12.3. The summed E-state index contributed by atoms with van der Waals surface area (Å²) >= 11 is 0. The van der Waals surface area contributed by atoms with Crippen molar-refractivity contribution in [1.82, 2.24) is 0 Å². The molecule has 1 unspecified atom stereocenters. The molecule has 0 saturated heterocycles. The SMILES string of the molecule is CC(OC(=O)c1ccc(NC(=O)Cc2ccccc2)cc1)C(=O)c1ccccc1. The lowest BCUT2D eigenvalue weighted by Crippen LogP contribution is -2.24. The summed E-state index contributed by atoms with van der Waals surface area (Å²) < 4.78 is 5.28. The van der Waals surface area contributed by atoms with E-state index in [4.69, 9.17) is 4.74 Å². The minimum absolute atomic E-state index is 0.145. The Labute approximate surface area is 169 Å². The molecule has 0 saturated carbocycles. The molecule has 0 aliphatic heterocycles. The highest BCUT2D eigenvalue weighted by molar-refractivity contribution is 6.01. The van der Waals surface area contributed by atoms with Crippen molar-refractivity contribution in [1.29, 1.82) is 0 Å². The van der Waals surface area contributed by atoms with Crippen LogP contribution in [0.1, 0.15) is 33.2 Å².